The van der Waals surface area contributed by atoms with E-state index in [0.717, 1.165) is 22.8 Å². The van der Waals surface area contributed by atoms with Gasteiger partial charge in [0, 0.05) is 27.8 Å². The summed E-state index contributed by atoms with van der Waals surface area (Å²) in [6, 6.07) is 43.8. The van der Waals surface area contributed by atoms with Crippen LogP contribution < -0.4 is 9.64 Å². The van der Waals surface area contributed by atoms with E-state index in [0.29, 0.717) is 0 Å². The average molecular weight is 474 g/mol. The lowest BCUT2D eigenvalue weighted by molar-refractivity contribution is 0.420. The number of anilines is 3. The smallest absolute Gasteiger partial charge is 0.126 e. The first-order chi connectivity index (χ1) is 18.3. The fourth-order valence-corrected chi connectivity index (χ4v) is 6.23. The SMILES string of the molecule is COc1ccc2cc3c4c(ccc5ccc1c2c54)-c1ccc(N(c2ccccc2)c2ccccc2)cc1-3. The quantitative estimate of drug-likeness (QED) is 0.236. The van der Waals surface area contributed by atoms with Crippen LogP contribution in [0.3, 0.4) is 0 Å². The van der Waals surface area contributed by atoms with E-state index >= 15 is 0 Å². The van der Waals surface area contributed by atoms with Crippen molar-refractivity contribution in [2.45, 2.75) is 0 Å². The summed E-state index contributed by atoms with van der Waals surface area (Å²) in [4.78, 5) is 2.34. The van der Waals surface area contributed by atoms with E-state index in [1.54, 1.807) is 7.11 Å². The molecule has 2 nitrogen and oxygen atoms in total. The highest BCUT2D eigenvalue weighted by atomic mass is 16.5. The van der Waals surface area contributed by atoms with Crippen LogP contribution in [0.4, 0.5) is 17.1 Å². The minimum atomic E-state index is 0.925. The molecular formula is C35H23NO. The number of methoxy groups -OCH3 is 1. The molecule has 8 rings (SSSR count). The second-order valence-electron chi connectivity index (χ2n) is 9.73. The topological polar surface area (TPSA) is 12.5 Å². The molecule has 7 aromatic carbocycles. The zero-order chi connectivity index (χ0) is 24.5. The summed E-state index contributed by atoms with van der Waals surface area (Å²) in [7, 11) is 1.75. The molecule has 0 radical (unpaired) electrons. The number of benzene rings is 7. The Hall–Kier alpha value is -4.82. The Morgan fingerprint density at radius 1 is 0.459 bits per heavy atom. The molecule has 0 bridgehead atoms. The monoisotopic (exact) mass is 473 g/mol. The maximum atomic E-state index is 5.73. The van der Waals surface area contributed by atoms with Gasteiger partial charge in [-0.1, -0.05) is 66.7 Å². The van der Waals surface area contributed by atoms with Gasteiger partial charge in [-0.05, 0) is 98.4 Å². The fraction of sp³-hybridized carbons (Fsp3) is 0.0286. The fourth-order valence-electron chi connectivity index (χ4n) is 6.23. The van der Waals surface area contributed by atoms with E-state index in [2.05, 4.69) is 126 Å². The van der Waals surface area contributed by atoms with Crippen LogP contribution in [0, 0.1) is 0 Å². The Morgan fingerprint density at radius 2 is 1.14 bits per heavy atom. The Balaban J connectivity index is 1.41. The van der Waals surface area contributed by atoms with Gasteiger partial charge < -0.3 is 9.64 Å². The molecule has 37 heavy (non-hydrogen) atoms. The summed E-state index contributed by atoms with van der Waals surface area (Å²) in [5.41, 5.74) is 8.65. The number of hydrogen-bond donors (Lipinski definition) is 0. The van der Waals surface area contributed by atoms with Crippen molar-refractivity contribution in [1.29, 1.82) is 0 Å². The van der Waals surface area contributed by atoms with Gasteiger partial charge in [-0.25, -0.2) is 0 Å². The molecular weight excluding hydrogens is 450 g/mol. The summed E-state index contributed by atoms with van der Waals surface area (Å²) >= 11 is 0. The van der Waals surface area contributed by atoms with Gasteiger partial charge in [0.25, 0.3) is 0 Å². The molecule has 0 N–H and O–H groups in total. The first kappa shape index (κ1) is 20.4. The summed E-state index contributed by atoms with van der Waals surface area (Å²) in [6.45, 7) is 0. The van der Waals surface area contributed by atoms with Crippen molar-refractivity contribution in [3.63, 3.8) is 0 Å². The predicted octanol–water partition coefficient (Wildman–Crippen LogP) is 9.71. The van der Waals surface area contributed by atoms with Crippen molar-refractivity contribution < 1.29 is 4.74 Å². The lowest BCUT2D eigenvalue weighted by Crippen LogP contribution is -2.09. The van der Waals surface area contributed by atoms with E-state index in [9.17, 15) is 0 Å². The predicted molar refractivity (Wildman–Crippen MR) is 156 cm³/mol. The summed E-state index contributed by atoms with van der Waals surface area (Å²) < 4.78 is 5.73. The molecule has 0 aromatic heterocycles. The van der Waals surface area contributed by atoms with Crippen LogP contribution in [0.25, 0.3) is 54.6 Å². The highest BCUT2D eigenvalue weighted by molar-refractivity contribution is 6.32. The molecule has 0 fully saturated rings. The summed E-state index contributed by atoms with van der Waals surface area (Å²) in [6.07, 6.45) is 0. The van der Waals surface area contributed by atoms with Gasteiger partial charge in [0.05, 0.1) is 7.11 Å². The van der Waals surface area contributed by atoms with Gasteiger partial charge in [-0.3, -0.25) is 0 Å². The highest BCUT2D eigenvalue weighted by Gasteiger charge is 2.26. The first-order valence-electron chi connectivity index (χ1n) is 12.7. The Kier molecular flexibility index (Phi) is 4.18. The molecule has 2 heteroatoms. The van der Waals surface area contributed by atoms with Crippen LogP contribution in [0.2, 0.25) is 0 Å². The van der Waals surface area contributed by atoms with Crippen molar-refractivity contribution in [3.8, 4) is 28.0 Å². The van der Waals surface area contributed by atoms with Crippen molar-refractivity contribution in [2.75, 3.05) is 12.0 Å². The van der Waals surface area contributed by atoms with Crippen LogP contribution in [0.5, 0.6) is 5.75 Å². The van der Waals surface area contributed by atoms with Crippen molar-refractivity contribution >= 4 is 49.4 Å². The molecule has 0 saturated heterocycles. The van der Waals surface area contributed by atoms with Gasteiger partial charge in [0.1, 0.15) is 5.75 Å². The lowest BCUT2D eigenvalue weighted by Gasteiger charge is -2.26. The Morgan fingerprint density at radius 3 is 1.86 bits per heavy atom. The molecule has 7 aromatic rings. The molecule has 1 aliphatic rings. The van der Waals surface area contributed by atoms with Gasteiger partial charge in [-0.15, -0.1) is 0 Å². The minimum Gasteiger partial charge on any atom is -0.496 e. The van der Waals surface area contributed by atoms with E-state index in [1.807, 2.05) is 0 Å². The second-order valence-corrected chi connectivity index (χ2v) is 9.73. The standard InChI is InChI=1S/C35H23NO/c1-37-32-19-14-23-20-31-30-21-26(36(24-8-4-2-5-9-24)25-10-6-3-7-11-25)15-18-27(30)28-16-12-22-13-17-29(32)33(23)34(22)35(28)31/h2-21H,1H3. The lowest BCUT2D eigenvalue weighted by atomic mass is 9.90. The third kappa shape index (κ3) is 2.81. The molecule has 1 aliphatic carbocycles. The van der Waals surface area contributed by atoms with E-state index in [4.69, 9.17) is 4.74 Å². The third-order valence-corrected chi connectivity index (χ3v) is 7.81. The van der Waals surface area contributed by atoms with Crippen LogP contribution in [-0.4, -0.2) is 7.11 Å². The number of rotatable bonds is 4. The van der Waals surface area contributed by atoms with Crippen molar-refractivity contribution in [3.05, 3.63) is 121 Å². The number of fused-ring (bicyclic) bond motifs is 3. The van der Waals surface area contributed by atoms with Crippen LogP contribution in [0.15, 0.2) is 121 Å². The number of nitrogens with zero attached hydrogens (tertiary/aromatic N) is 1. The van der Waals surface area contributed by atoms with E-state index < -0.39 is 0 Å². The molecule has 174 valence electrons. The first-order valence-corrected chi connectivity index (χ1v) is 12.7. The third-order valence-electron chi connectivity index (χ3n) is 7.81. The Bertz CT molecular complexity index is 1920. The summed E-state index contributed by atoms with van der Waals surface area (Å²) in [5.74, 6) is 0.925. The van der Waals surface area contributed by atoms with Crippen LogP contribution >= 0.6 is 0 Å². The number of ether oxygens (including phenoxy) is 1. The minimum absolute atomic E-state index is 0.925. The van der Waals surface area contributed by atoms with Gasteiger partial charge in [0.2, 0.25) is 0 Å². The zero-order valence-electron chi connectivity index (χ0n) is 20.4. The van der Waals surface area contributed by atoms with Gasteiger partial charge in [-0.2, -0.15) is 0 Å². The van der Waals surface area contributed by atoms with Gasteiger partial charge >= 0.3 is 0 Å². The van der Waals surface area contributed by atoms with E-state index in [-0.39, 0.29) is 0 Å². The largest absolute Gasteiger partial charge is 0.496 e. The Labute approximate surface area is 215 Å². The number of para-hydroxylation sites is 2. The normalized spacial score (nSPS) is 11.9. The molecule has 0 heterocycles. The molecule has 0 atom stereocenters. The second kappa shape index (κ2) is 7.59. The zero-order valence-corrected chi connectivity index (χ0v) is 20.4. The van der Waals surface area contributed by atoms with Crippen LogP contribution in [-0.2, 0) is 0 Å². The average Bonchev–Trinajstić information content (AvgIpc) is 3.28. The molecule has 0 unspecified atom stereocenters. The molecule has 0 aliphatic heterocycles. The maximum Gasteiger partial charge on any atom is 0.126 e. The number of hydrogen-bond acceptors (Lipinski definition) is 2. The maximum absolute atomic E-state index is 5.73. The molecule has 0 spiro atoms. The van der Waals surface area contributed by atoms with E-state index in [1.165, 1.54) is 54.6 Å². The summed E-state index contributed by atoms with van der Waals surface area (Å²) in [5, 5.41) is 7.67. The van der Waals surface area contributed by atoms with Crippen molar-refractivity contribution in [1.82, 2.24) is 0 Å². The van der Waals surface area contributed by atoms with Crippen molar-refractivity contribution in [2.24, 2.45) is 0 Å². The highest BCUT2D eigenvalue weighted by Crippen LogP contribution is 2.53. The van der Waals surface area contributed by atoms with Crippen LogP contribution in [0.1, 0.15) is 0 Å². The van der Waals surface area contributed by atoms with Gasteiger partial charge in [0.15, 0.2) is 0 Å². The molecule has 0 saturated carbocycles. The molecule has 0 amide bonds.